The SMILES string of the molecule is CCOC1(C(N)Cc2ccccc2)CCC(C)CC1. The molecular formula is C17H27NO. The third-order valence-electron chi connectivity index (χ3n) is 4.53. The molecule has 0 spiro atoms. The molecule has 2 heteroatoms. The van der Waals surface area contributed by atoms with E-state index in [0.29, 0.717) is 0 Å². The number of hydrogen-bond acceptors (Lipinski definition) is 2. The van der Waals surface area contributed by atoms with Crippen molar-refractivity contribution in [3.05, 3.63) is 35.9 Å². The van der Waals surface area contributed by atoms with E-state index in [0.717, 1.165) is 31.8 Å². The second-order valence-electron chi connectivity index (χ2n) is 5.98. The van der Waals surface area contributed by atoms with Gasteiger partial charge in [-0.2, -0.15) is 0 Å². The first-order valence-electron chi connectivity index (χ1n) is 7.60. The van der Waals surface area contributed by atoms with Gasteiger partial charge in [-0.05, 0) is 50.5 Å². The first kappa shape index (κ1) is 14.5. The van der Waals surface area contributed by atoms with E-state index in [2.05, 4.69) is 44.2 Å². The van der Waals surface area contributed by atoms with Gasteiger partial charge in [0, 0.05) is 12.6 Å². The molecule has 0 heterocycles. The standard InChI is InChI=1S/C17H27NO/c1-3-19-17(11-9-14(2)10-12-17)16(18)13-15-7-5-4-6-8-15/h4-8,14,16H,3,9-13,18H2,1-2H3. The van der Waals surface area contributed by atoms with Crippen LogP contribution in [0.25, 0.3) is 0 Å². The van der Waals surface area contributed by atoms with Crippen LogP contribution in [0, 0.1) is 5.92 Å². The smallest absolute Gasteiger partial charge is 0.0835 e. The van der Waals surface area contributed by atoms with E-state index < -0.39 is 0 Å². The highest BCUT2D eigenvalue weighted by Gasteiger charge is 2.40. The van der Waals surface area contributed by atoms with Crippen LogP contribution in [0.15, 0.2) is 30.3 Å². The minimum atomic E-state index is -0.100. The number of benzene rings is 1. The number of nitrogens with two attached hydrogens (primary N) is 1. The number of hydrogen-bond donors (Lipinski definition) is 1. The molecule has 1 aliphatic carbocycles. The Bertz CT molecular complexity index is 368. The maximum absolute atomic E-state index is 6.52. The Balaban J connectivity index is 2.06. The van der Waals surface area contributed by atoms with E-state index in [1.807, 2.05) is 0 Å². The molecule has 1 aromatic carbocycles. The molecule has 0 saturated heterocycles. The molecule has 1 fully saturated rings. The highest BCUT2D eigenvalue weighted by Crippen LogP contribution is 2.37. The molecule has 1 aromatic rings. The third kappa shape index (κ3) is 3.58. The predicted molar refractivity (Wildman–Crippen MR) is 80.1 cm³/mol. The summed E-state index contributed by atoms with van der Waals surface area (Å²) in [4.78, 5) is 0. The topological polar surface area (TPSA) is 35.2 Å². The number of rotatable bonds is 5. The molecule has 0 aliphatic heterocycles. The van der Waals surface area contributed by atoms with Crippen LogP contribution in [-0.4, -0.2) is 18.2 Å². The van der Waals surface area contributed by atoms with Crippen molar-refractivity contribution < 1.29 is 4.74 Å². The zero-order chi connectivity index (χ0) is 13.7. The molecule has 1 aliphatic rings. The highest BCUT2D eigenvalue weighted by molar-refractivity contribution is 5.17. The van der Waals surface area contributed by atoms with Gasteiger partial charge in [-0.15, -0.1) is 0 Å². The van der Waals surface area contributed by atoms with E-state index in [9.17, 15) is 0 Å². The highest BCUT2D eigenvalue weighted by atomic mass is 16.5. The van der Waals surface area contributed by atoms with Gasteiger partial charge in [-0.3, -0.25) is 0 Å². The molecule has 2 nitrogen and oxygen atoms in total. The van der Waals surface area contributed by atoms with Crippen molar-refractivity contribution >= 4 is 0 Å². The monoisotopic (exact) mass is 261 g/mol. The predicted octanol–water partition coefficient (Wildman–Crippen LogP) is 3.54. The summed E-state index contributed by atoms with van der Waals surface area (Å²) >= 11 is 0. The first-order chi connectivity index (χ1) is 9.16. The fourth-order valence-corrected chi connectivity index (χ4v) is 3.21. The summed E-state index contributed by atoms with van der Waals surface area (Å²) in [5.41, 5.74) is 7.73. The van der Waals surface area contributed by atoms with Crippen LogP contribution in [0.5, 0.6) is 0 Å². The van der Waals surface area contributed by atoms with E-state index in [1.165, 1.54) is 18.4 Å². The van der Waals surface area contributed by atoms with Gasteiger partial charge >= 0.3 is 0 Å². The van der Waals surface area contributed by atoms with Crippen LogP contribution >= 0.6 is 0 Å². The molecule has 0 bridgehead atoms. The average molecular weight is 261 g/mol. The Hall–Kier alpha value is -0.860. The van der Waals surface area contributed by atoms with Crippen LogP contribution in [0.1, 0.15) is 45.1 Å². The molecule has 106 valence electrons. The number of ether oxygens (including phenoxy) is 1. The van der Waals surface area contributed by atoms with Crippen molar-refractivity contribution in [3.8, 4) is 0 Å². The van der Waals surface area contributed by atoms with Crippen molar-refractivity contribution in [1.29, 1.82) is 0 Å². The fraction of sp³-hybridized carbons (Fsp3) is 0.647. The zero-order valence-corrected chi connectivity index (χ0v) is 12.3. The summed E-state index contributed by atoms with van der Waals surface area (Å²) in [5.74, 6) is 0.817. The van der Waals surface area contributed by atoms with E-state index in [-0.39, 0.29) is 11.6 Å². The van der Waals surface area contributed by atoms with E-state index >= 15 is 0 Å². The van der Waals surface area contributed by atoms with Crippen LogP contribution in [0.2, 0.25) is 0 Å². The Labute approximate surface area is 117 Å². The normalized spacial score (nSPS) is 29.1. The van der Waals surface area contributed by atoms with Crippen molar-refractivity contribution in [2.24, 2.45) is 11.7 Å². The molecular weight excluding hydrogens is 234 g/mol. The summed E-state index contributed by atoms with van der Waals surface area (Å²) in [7, 11) is 0. The molecule has 0 amide bonds. The third-order valence-corrected chi connectivity index (χ3v) is 4.53. The van der Waals surface area contributed by atoms with Gasteiger partial charge in [0.15, 0.2) is 0 Å². The van der Waals surface area contributed by atoms with E-state index in [4.69, 9.17) is 10.5 Å². The van der Waals surface area contributed by atoms with Gasteiger partial charge in [0.2, 0.25) is 0 Å². The summed E-state index contributed by atoms with van der Waals surface area (Å²) in [6.45, 7) is 5.17. The average Bonchev–Trinajstić information content (AvgIpc) is 2.43. The van der Waals surface area contributed by atoms with Gasteiger partial charge in [-0.25, -0.2) is 0 Å². The Morgan fingerprint density at radius 2 is 1.89 bits per heavy atom. The van der Waals surface area contributed by atoms with Crippen LogP contribution < -0.4 is 5.73 Å². The summed E-state index contributed by atoms with van der Waals surface area (Å²) in [6.07, 6.45) is 5.60. The van der Waals surface area contributed by atoms with Crippen molar-refractivity contribution in [1.82, 2.24) is 0 Å². The molecule has 2 rings (SSSR count). The van der Waals surface area contributed by atoms with Gasteiger partial charge in [0.1, 0.15) is 0 Å². The van der Waals surface area contributed by atoms with Gasteiger partial charge < -0.3 is 10.5 Å². The lowest BCUT2D eigenvalue weighted by atomic mass is 9.74. The van der Waals surface area contributed by atoms with Crippen molar-refractivity contribution in [2.75, 3.05) is 6.61 Å². The van der Waals surface area contributed by atoms with Crippen molar-refractivity contribution in [2.45, 2.75) is 57.6 Å². The quantitative estimate of drug-likeness (QED) is 0.880. The maximum Gasteiger partial charge on any atom is 0.0835 e. The van der Waals surface area contributed by atoms with E-state index in [1.54, 1.807) is 0 Å². The van der Waals surface area contributed by atoms with Crippen molar-refractivity contribution in [3.63, 3.8) is 0 Å². The fourth-order valence-electron chi connectivity index (χ4n) is 3.21. The molecule has 0 radical (unpaired) electrons. The largest absolute Gasteiger partial charge is 0.374 e. The first-order valence-corrected chi connectivity index (χ1v) is 7.60. The molecule has 1 unspecified atom stereocenters. The Morgan fingerprint density at radius 3 is 2.47 bits per heavy atom. The molecule has 19 heavy (non-hydrogen) atoms. The second-order valence-corrected chi connectivity index (χ2v) is 5.98. The van der Waals surface area contributed by atoms with Crippen LogP contribution in [-0.2, 0) is 11.2 Å². The van der Waals surface area contributed by atoms with Crippen LogP contribution in [0.4, 0.5) is 0 Å². The molecule has 0 aromatic heterocycles. The summed E-state index contributed by atoms with van der Waals surface area (Å²) in [6, 6.07) is 10.6. The van der Waals surface area contributed by atoms with Gasteiger partial charge in [0.05, 0.1) is 5.60 Å². The Morgan fingerprint density at radius 1 is 1.26 bits per heavy atom. The van der Waals surface area contributed by atoms with Gasteiger partial charge in [-0.1, -0.05) is 37.3 Å². The lowest BCUT2D eigenvalue weighted by Crippen LogP contribution is -2.53. The zero-order valence-electron chi connectivity index (χ0n) is 12.3. The second kappa shape index (κ2) is 6.53. The minimum Gasteiger partial charge on any atom is -0.374 e. The summed E-state index contributed by atoms with van der Waals surface area (Å²) < 4.78 is 6.13. The van der Waals surface area contributed by atoms with Gasteiger partial charge in [0.25, 0.3) is 0 Å². The maximum atomic E-state index is 6.52. The molecule has 1 saturated carbocycles. The molecule has 2 N–H and O–H groups in total. The minimum absolute atomic E-state index is 0.0994. The molecule has 1 atom stereocenters. The lowest BCUT2D eigenvalue weighted by molar-refractivity contribution is -0.0883. The lowest BCUT2D eigenvalue weighted by Gasteiger charge is -2.43. The van der Waals surface area contributed by atoms with Crippen LogP contribution in [0.3, 0.4) is 0 Å². The summed E-state index contributed by atoms with van der Waals surface area (Å²) in [5, 5.41) is 0. The Kier molecular flexibility index (Phi) is 5.00.